The molecule has 2 aromatic carbocycles. The van der Waals surface area contributed by atoms with Gasteiger partial charge in [-0.3, -0.25) is 9.59 Å². The molecule has 0 aliphatic rings. The number of amides is 4. The molecular formula is C32H44N4O8S. The van der Waals surface area contributed by atoms with Gasteiger partial charge in [-0.25, -0.2) is 14.4 Å². The van der Waals surface area contributed by atoms with E-state index < -0.39 is 41.9 Å². The van der Waals surface area contributed by atoms with E-state index in [0.29, 0.717) is 23.4 Å². The van der Waals surface area contributed by atoms with Crippen LogP contribution in [0.25, 0.3) is 0 Å². The van der Waals surface area contributed by atoms with Gasteiger partial charge >= 0.3 is 18.0 Å². The number of hydrogen-bond donors (Lipinski definition) is 7. The molecule has 45 heavy (non-hydrogen) atoms. The molecule has 12 nitrogen and oxygen atoms in total. The van der Waals surface area contributed by atoms with E-state index in [9.17, 15) is 39.3 Å². The quantitative estimate of drug-likeness (QED) is 0.0986. The summed E-state index contributed by atoms with van der Waals surface area (Å²) in [6, 6.07) is 9.90. The predicted molar refractivity (Wildman–Crippen MR) is 175 cm³/mol. The van der Waals surface area contributed by atoms with Crippen LogP contribution in [0.15, 0.2) is 48.5 Å². The highest BCUT2D eigenvalue weighted by atomic mass is 32.2. The molecule has 0 heterocycles. The van der Waals surface area contributed by atoms with Crippen LogP contribution in [-0.2, 0) is 19.2 Å². The van der Waals surface area contributed by atoms with E-state index >= 15 is 0 Å². The number of carboxylic acid groups (broad SMARTS) is 2. The lowest BCUT2D eigenvalue weighted by Crippen LogP contribution is -2.45. The minimum atomic E-state index is -1.22. The van der Waals surface area contributed by atoms with Crippen molar-refractivity contribution in [1.82, 2.24) is 10.6 Å². The molecule has 0 spiro atoms. The number of nitrogens with one attached hydrogen (secondary N) is 4. The second-order valence-electron chi connectivity index (χ2n) is 12.4. The first kappa shape index (κ1) is 36.9. The minimum absolute atomic E-state index is 0.0107. The molecule has 0 radical (unpaired) electrons. The van der Waals surface area contributed by atoms with Crippen molar-refractivity contribution >= 4 is 52.9 Å². The number of anilines is 2. The van der Waals surface area contributed by atoms with Crippen LogP contribution in [0.3, 0.4) is 0 Å². The number of urea groups is 1. The van der Waals surface area contributed by atoms with E-state index in [1.165, 1.54) is 23.9 Å². The van der Waals surface area contributed by atoms with Crippen molar-refractivity contribution in [3.05, 3.63) is 54.1 Å². The first-order chi connectivity index (χ1) is 21.0. The number of benzene rings is 2. The molecule has 3 atom stereocenters. The Morgan fingerprint density at radius 1 is 0.800 bits per heavy atom. The number of carbonyl (C=O) groups excluding carboxylic acids is 3. The van der Waals surface area contributed by atoms with Gasteiger partial charge in [-0.1, -0.05) is 46.8 Å². The van der Waals surface area contributed by atoms with E-state index in [4.69, 9.17) is 0 Å². The number of aliphatic carboxylic acids is 2. The molecule has 4 amide bonds. The number of phenols is 1. The van der Waals surface area contributed by atoms with Gasteiger partial charge in [0.1, 0.15) is 17.8 Å². The topological polar surface area (TPSA) is 194 Å². The number of carbonyl (C=O) groups is 5. The molecule has 7 N–H and O–H groups in total. The second-order valence-corrected chi connectivity index (χ2v) is 13.5. The van der Waals surface area contributed by atoms with Crippen molar-refractivity contribution in [2.75, 3.05) is 22.1 Å². The summed E-state index contributed by atoms with van der Waals surface area (Å²) in [5.74, 6) is -3.39. The average Bonchev–Trinajstić information content (AvgIpc) is 2.93. The molecule has 2 rings (SSSR count). The molecule has 13 heteroatoms. The lowest BCUT2D eigenvalue weighted by molar-refractivity contribution is -0.142. The molecule has 0 bridgehead atoms. The van der Waals surface area contributed by atoms with Crippen molar-refractivity contribution < 1.29 is 39.3 Å². The van der Waals surface area contributed by atoms with Crippen molar-refractivity contribution in [1.29, 1.82) is 0 Å². The van der Waals surface area contributed by atoms with Gasteiger partial charge in [-0.15, -0.1) is 0 Å². The van der Waals surface area contributed by atoms with E-state index in [1.807, 2.05) is 34.6 Å². The van der Waals surface area contributed by atoms with Crippen LogP contribution in [-0.4, -0.2) is 68.7 Å². The Labute approximate surface area is 267 Å². The summed E-state index contributed by atoms with van der Waals surface area (Å²) in [6.45, 7) is 9.53. The second kappa shape index (κ2) is 17.3. The fraction of sp³-hybridized carbons (Fsp3) is 0.469. The van der Waals surface area contributed by atoms with Crippen molar-refractivity contribution in [3.8, 4) is 5.75 Å². The van der Waals surface area contributed by atoms with E-state index in [0.717, 1.165) is 0 Å². The number of rotatable bonds is 16. The molecule has 3 unspecified atom stereocenters. The van der Waals surface area contributed by atoms with E-state index in [-0.39, 0.29) is 47.3 Å². The number of phenolic OH excluding ortho intramolecular Hbond substituents is 1. The third-order valence-electron chi connectivity index (χ3n) is 6.49. The Balaban J connectivity index is 1.98. The number of thioether (sulfide) groups is 1. The maximum atomic E-state index is 13.3. The third-order valence-corrected chi connectivity index (χ3v) is 7.59. The first-order valence-corrected chi connectivity index (χ1v) is 15.8. The van der Waals surface area contributed by atoms with Crippen LogP contribution >= 0.6 is 11.8 Å². The Bertz CT molecular complexity index is 1310. The number of carboxylic acids is 2. The molecule has 0 aliphatic carbocycles. The highest BCUT2D eigenvalue weighted by molar-refractivity contribution is 7.99. The van der Waals surface area contributed by atoms with Crippen LogP contribution in [0, 0.1) is 11.3 Å². The summed E-state index contributed by atoms with van der Waals surface area (Å²) in [5.41, 5.74) is 1.32. The van der Waals surface area contributed by atoms with Gasteiger partial charge in [0.25, 0.3) is 0 Å². The van der Waals surface area contributed by atoms with Crippen molar-refractivity contribution in [3.63, 3.8) is 0 Å². The Kier molecular flexibility index (Phi) is 14.2. The zero-order chi connectivity index (χ0) is 33.7. The molecule has 0 aromatic heterocycles. The maximum absolute atomic E-state index is 13.3. The average molecular weight is 645 g/mol. The fourth-order valence-electron chi connectivity index (χ4n) is 4.34. The molecule has 0 saturated heterocycles. The van der Waals surface area contributed by atoms with Gasteiger partial charge < -0.3 is 36.6 Å². The van der Waals surface area contributed by atoms with Gasteiger partial charge in [-0.05, 0) is 71.9 Å². The van der Waals surface area contributed by atoms with Gasteiger partial charge in [0.2, 0.25) is 11.8 Å². The van der Waals surface area contributed by atoms with Crippen LogP contribution in [0.4, 0.5) is 16.2 Å². The van der Waals surface area contributed by atoms with Crippen LogP contribution in [0.2, 0.25) is 0 Å². The standard InChI is InChI=1S/C32H44N4O8S/c1-19(2)16-24(20-6-8-21(9-7-20)33-31(44)34-22-10-12-23(37)13-11-22)28(39)36-26(30(42)43)18-45-15-14-25(29(40)41)35-27(38)17-32(3,4)5/h6-13,19,24-26,37H,14-18H2,1-5H3,(H,35,38)(H,36,39)(H,40,41)(H,42,43)(H2,33,34,44). The highest BCUT2D eigenvalue weighted by Crippen LogP contribution is 2.26. The lowest BCUT2D eigenvalue weighted by Gasteiger charge is -2.23. The Morgan fingerprint density at radius 3 is 1.82 bits per heavy atom. The van der Waals surface area contributed by atoms with E-state index in [1.54, 1.807) is 36.4 Å². The fourth-order valence-corrected chi connectivity index (χ4v) is 5.37. The Hall–Kier alpha value is -4.26. The normalized spacial score (nSPS) is 13.3. The van der Waals surface area contributed by atoms with Gasteiger partial charge in [0.05, 0.1) is 5.92 Å². The zero-order valence-corrected chi connectivity index (χ0v) is 27.1. The molecule has 2 aromatic rings. The lowest BCUT2D eigenvalue weighted by atomic mass is 9.89. The van der Waals surface area contributed by atoms with Crippen LogP contribution in [0.5, 0.6) is 5.75 Å². The summed E-state index contributed by atoms with van der Waals surface area (Å²) < 4.78 is 0. The summed E-state index contributed by atoms with van der Waals surface area (Å²) in [5, 5.41) is 39.2. The molecular weight excluding hydrogens is 600 g/mol. The zero-order valence-electron chi connectivity index (χ0n) is 26.3. The van der Waals surface area contributed by atoms with Gasteiger partial charge in [-0.2, -0.15) is 11.8 Å². The van der Waals surface area contributed by atoms with Crippen molar-refractivity contribution in [2.24, 2.45) is 11.3 Å². The molecule has 0 aliphatic heterocycles. The molecule has 0 saturated carbocycles. The number of aromatic hydroxyl groups is 1. The highest BCUT2D eigenvalue weighted by Gasteiger charge is 2.28. The van der Waals surface area contributed by atoms with Crippen molar-refractivity contribution in [2.45, 2.75) is 71.9 Å². The van der Waals surface area contributed by atoms with Crippen LogP contribution < -0.4 is 21.3 Å². The van der Waals surface area contributed by atoms with Gasteiger partial charge in [0, 0.05) is 23.5 Å². The SMILES string of the molecule is CC(C)CC(C(=O)NC(CSCCC(NC(=O)CC(C)(C)C)C(=O)O)C(=O)O)c1ccc(NC(=O)Nc2ccc(O)cc2)cc1. The first-order valence-electron chi connectivity index (χ1n) is 14.6. The summed E-state index contributed by atoms with van der Waals surface area (Å²) >= 11 is 1.18. The smallest absolute Gasteiger partial charge is 0.327 e. The molecule has 246 valence electrons. The molecule has 0 fully saturated rings. The summed E-state index contributed by atoms with van der Waals surface area (Å²) in [7, 11) is 0. The van der Waals surface area contributed by atoms with E-state index in [2.05, 4.69) is 21.3 Å². The largest absolute Gasteiger partial charge is 0.508 e. The predicted octanol–water partition coefficient (Wildman–Crippen LogP) is 4.86. The Morgan fingerprint density at radius 2 is 1.33 bits per heavy atom. The summed E-state index contributed by atoms with van der Waals surface area (Å²) in [6.07, 6.45) is 0.720. The van der Waals surface area contributed by atoms with Gasteiger partial charge in [0.15, 0.2) is 0 Å². The number of hydrogen-bond acceptors (Lipinski definition) is 7. The maximum Gasteiger partial charge on any atom is 0.327 e. The summed E-state index contributed by atoms with van der Waals surface area (Å²) in [4.78, 5) is 61.5. The minimum Gasteiger partial charge on any atom is -0.508 e. The monoisotopic (exact) mass is 644 g/mol. The third kappa shape index (κ3) is 13.9. The van der Waals surface area contributed by atoms with Crippen LogP contribution in [0.1, 0.15) is 65.4 Å².